The lowest BCUT2D eigenvalue weighted by Crippen LogP contribution is -2.13. The Hall–Kier alpha value is -1.99. The van der Waals surface area contributed by atoms with E-state index in [4.69, 9.17) is 17.0 Å². The van der Waals surface area contributed by atoms with E-state index in [1.807, 2.05) is 12.1 Å². The summed E-state index contributed by atoms with van der Waals surface area (Å²) in [6.45, 7) is 0.321. The molecule has 1 aromatic carbocycles. The summed E-state index contributed by atoms with van der Waals surface area (Å²) in [6.07, 6.45) is 4.55. The number of ether oxygens (including phenoxy) is 1. The quantitative estimate of drug-likeness (QED) is 0.872. The fourth-order valence-electron chi connectivity index (χ4n) is 1.57. The van der Waals surface area contributed by atoms with Crippen molar-refractivity contribution in [3.05, 3.63) is 54.4 Å². The normalized spacial score (nSPS) is 10.9. The molecule has 2 aromatic rings. The SMILES string of the molecule is CS(=O)(=O)c1ccc(NC(=S)OCc2cccnc2)cc1. The molecule has 0 amide bonds. The summed E-state index contributed by atoms with van der Waals surface area (Å²) in [5.74, 6) is 0. The van der Waals surface area contributed by atoms with E-state index in [1.54, 1.807) is 24.5 Å². The van der Waals surface area contributed by atoms with E-state index in [-0.39, 0.29) is 10.1 Å². The van der Waals surface area contributed by atoms with Crippen LogP contribution in [0.4, 0.5) is 5.69 Å². The van der Waals surface area contributed by atoms with Crippen molar-refractivity contribution in [2.45, 2.75) is 11.5 Å². The second-order valence-electron chi connectivity index (χ2n) is 4.36. The molecule has 1 N–H and O–H groups in total. The van der Waals surface area contributed by atoms with Crippen LogP contribution in [0, 0.1) is 0 Å². The summed E-state index contributed by atoms with van der Waals surface area (Å²) in [7, 11) is -3.19. The predicted octanol–water partition coefficient (Wildman–Crippen LogP) is 2.40. The van der Waals surface area contributed by atoms with Gasteiger partial charge in [0.2, 0.25) is 0 Å². The predicted molar refractivity (Wildman–Crippen MR) is 84.8 cm³/mol. The molecule has 0 spiro atoms. The van der Waals surface area contributed by atoms with Gasteiger partial charge in [0.1, 0.15) is 6.61 Å². The molecule has 5 nitrogen and oxygen atoms in total. The van der Waals surface area contributed by atoms with E-state index in [1.165, 1.54) is 12.1 Å². The molecule has 0 unspecified atom stereocenters. The molecule has 1 heterocycles. The Morgan fingerprint density at radius 2 is 2.00 bits per heavy atom. The zero-order valence-corrected chi connectivity index (χ0v) is 12.9. The van der Waals surface area contributed by atoms with Gasteiger partial charge in [-0.3, -0.25) is 4.98 Å². The Bertz CT molecular complexity index is 714. The van der Waals surface area contributed by atoms with Gasteiger partial charge in [-0.15, -0.1) is 0 Å². The average molecular weight is 322 g/mol. The van der Waals surface area contributed by atoms with Gasteiger partial charge in [-0.2, -0.15) is 0 Å². The van der Waals surface area contributed by atoms with Crippen LogP contribution < -0.4 is 5.32 Å². The number of thiocarbonyl (C=S) groups is 1. The maximum absolute atomic E-state index is 11.3. The van der Waals surface area contributed by atoms with Crippen LogP contribution in [-0.2, 0) is 21.2 Å². The standard InChI is InChI=1S/C14H14N2O3S2/c1-21(17,18)13-6-4-12(5-7-13)16-14(20)19-10-11-3-2-8-15-9-11/h2-9H,10H2,1H3,(H,16,20). The molecular weight excluding hydrogens is 308 g/mol. The number of benzene rings is 1. The van der Waals surface area contributed by atoms with E-state index in [0.717, 1.165) is 11.8 Å². The number of aromatic nitrogens is 1. The molecule has 0 aliphatic heterocycles. The van der Waals surface area contributed by atoms with Crippen molar-refractivity contribution in [1.82, 2.24) is 4.98 Å². The first-order valence-electron chi connectivity index (χ1n) is 6.08. The number of nitrogens with zero attached hydrogens (tertiary/aromatic N) is 1. The van der Waals surface area contributed by atoms with Crippen LogP contribution in [0.3, 0.4) is 0 Å². The first-order chi connectivity index (χ1) is 9.95. The van der Waals surface area contributed by atoms with Crippen LogP contribution in [-0.4, -0.2) is 24.8 Å². The number of hydrogen-bond donors (Lipinski definition) is 1. The van der Waals surface area contributed by atoms with Crippen molar-refractivity contribution in [3.63, 3.8) is 0 Å². The van der Waals surface area contributed by atoms with Crippen molar-refractivity contribution in [2.24, 2.45) is 0 Å². The summed E-state index contributed by atoms with van der Waals surface area (Å²) in [5, 5.41) is 3.10. The second-order valence-corrected chi connectivity index (χ2v) is 6.75. The summed E-state index contributed by atoms with van der Waals surface area (Å²) in [5.41, 5.74) is 1.58. The Labute approximate surface area is 128 Å². The Morgan fingerprint density at radius 1 is 1.29 bits per heavy atom. The molecule has 0 saturated heterocycles. The highest BCUT2D eigenvalue weighted by molar-refractivity contribution is 7.90. The summed E-state index contributed by atoms with van der Waals surface area (Å²) < 4.78 is 28.1. The Kier molecular flexibility index (Phi) is 4.87. The van der Waals surface area contributed by atoms with Crippen LogP contribution in [0.2, 0.25) is 0 Å². The van der Waals surface area contributed by atoms with Gasteiger partial charge in [0.25, 0.3) is 5.17 Å². The topological polar surface area (TPSA) is 68.3 Å². The molecule has 0 aliphatic rings. The first kappa shape index (κ1) is 15.4. The molecule has 0 radical (unpaired) electrons. The van der Waals surface area contributed by atoms with Crippen molar-refractivity contribution in [1.29, 1.82) is 0 Å². The maximum atomic E-state index is 11.3. The lowest BCUT2D eigenvalue weighted by Gasteiger charge is -2.10. The van der Waals surface area contributed by atoms with Crippen molar-refractivity contribution in [2.75, 3.05) is 11.6 Å². The minimum absolute atomic E-state index is 0.214. The van der Waals surface area contributed by atoms with Crippen LogP contribution in [0.5, 0.6) is 0 Å². The molecule has 7 heteroatoms. The molecule has 0 aliphatic carbocycles. The van der Waals surface area contributed by atoms with Gasteiger partial charge in [-0.1, -0.05) is 6.07 Å². The van der Waals surface area contributed by atoms with Gasteiger partial charge in [-0.25, -0.2) is 8.42 Å². The highest BCUT2D eigenvalue weighted by Crippen LogP contribution is 2.14. The minimum Gasteiger partial charge on any atom is -0.466 e. The summed E-state index contributed by atoms with van der Waals surface area (Å²) in [4.78, 5) is 4.24. The zero-order chi connectivity index (χ0) is 15.3. The molecule has 0 atom stereocenters. The number of rotatable bonds is 4. The van der Waals surface area contributed by atoms with E-state index in [0.29, 0.717) is 12.3 Å². The molecule has 21 heavy (non-hydrogen) atoms. The maximum Gasteiger partial charge on any atom is 0.261 e. The molecule has 0 bridgehead atoms. The van der Waals surface area contributed by atoms with Crippen LogP contribution >= 0.6 is 12.2 Å². The molecule has 0 fully saturated rings. The number of hydrogen-bond acceptors (Lipinski definition) is 5. The van der Waals surface area contributed by atoms with E-state index < -0.39 is 9.84 Å². The van der Waals surface area contributed by atoms with Crippen molar-refractivity contribution in [3.8, 4) is 0 Å². The third-order valence-electron chi connectivity index (χ3n) is 2.62. The third-order valence-corrected chi connectivity index (χ3v) is 3.97. The minimum atomic E-state index is -3.19. The lowest BCUT2D eigenvalue weighted by molar-refractivity contribution is 0.299. The number of nitrogens with one attached hydrogen (secondary N) is 1. The molecule has 0 saturated carbocycles. The molecular formula is C14H14N2O3S2. The Morgan fingerprint density at radius 3 is 2.57 bits per heavy atom. The highest BCUT2D eigenvalue weighted by Gasteiger charge is 2.06. The van der Waals surface area contributed by atoms with Crippen LogP contribution in [0.25, 0.3) is 0 Å². The molecule has 2 rings (SSSR count). The first-order valence-corrected chi connectivity index (χ1v) is 8.38. The van der Waals surface area contributed by atoms with Gasteiger partial charge >= 0.3 is 0 Å². The molecule has 1 aromatic heterocycles. The fraction of sp³-hybridized carbons (Fsp3) is 0.143. The van der Waals surface area contributed by atoms with Crippen LogP contribution in [0.15, 0.2) is 53.7 Å². The van der Waals surface area contributed by atoms with Gasteiger partial charge in [0.15, 0.2) is 9.84 Å². The second kappa shape index (κ2) is 6.64. The van der Waals surface area contributed by atoms with Gasteiger partial charge < -0.3 is 10.1 Å². The van der Waals surface area contributed by atoms with E-state index in [2.05, 4.69) is 10.3 Å². The van der Waals surface area contributed by atoms with Gasteiger partial charge in [0.05, 0.1) is 4.90 Å². The zero-order valence-electron chi connectivity index (χ0n) is 11.3. The van der Waals surface area contributed by atoms with E-state index >= 15 is 0 Å². The number of pyridine rings is 1. The number of anilines is 1. The number of sulfone groups is 1. The van der Waals surface area contributed by atoms with E-state index in [9.17, 15) is 8.42 Å². The van der Waals surface area contributed by atoms with Crippen molar-refractivity contribution >= 4 is 32.9 Å². The fourth-order valence-corrected chi connectivity index (χ4v) is 2.38. The average Bonchev–Trinajstić information content (AvgIpc) is 2.46. The Balaban J connectivity index is 1.91. The third kappa shape index (κ3) is 4.80. The smallest absolute Gasteiger partial charge is 0.261 e. The van der Waals surface area contributed by atoms with Crippen molar-refractivity contribution < 1.29 is 13.2 Å². The highest BCUT2D eigenvalue weighted by atomic mass is 32.2. The van der Waals surface area contributed by atoms with Gasteiger partial charge in [0, 0.05) is 29.9 Å². The largest absolute Gasteiger partial charge is 0.466 e. The van der Waals surface area contributed by atoms with Gasteiger partial charge in [-0.05, 0) is 42.5 Å². The molecule has 110 valence electrons. The summed E-state index contributed by atoms with van der Waals surface area (Å²) in [6, 6.07) is 10.0. The summed E-state index contributed by atoms with van der Waals surface area (Å²) >= 11 is 5.07. The monoisotopic (exact) mass is 322 g/mol. The lowest BCUT2D eigenvalue weighted by atomic mass is 10.3. The van der Waals surface area contributed by atoms with Crippen LogP contribution in [0.1, 0.15) is 5.56 Å².